The smallest absolute Gasteiger partial charge is 0.276 e. The van der Waals surface area contributed by atoms with Crippen LogP contribution in [0.4, 0.5) is 10.5 Å². The zero-order valence-electron chi connectivity index (χ0n) is 17.2. The number of aryl methyl sites for hydroxylation is 2. The predicted octanol–water partition coefficient (Wildman–Crippen LogP) is 4.07. The quantitative estimate of drug-likeness (QED) is 0.501. The second-order valence-corrected chi connectivity index (χ2v) is 8.58. The van der Waals surface area contributed by atoms with Gasteiger partial charge in [-0.15, -0.1) is 0 Å². The molecule has 3 heterocycles. The van der Waals surface area contributed by atoms with Crippen LogP contribution in [0.1, 0.15) is 24.0 Å². The fourth-order valence-electron chi connectivity index (χ4n) is 3.88. The van der Waals surface area contributed by atoms with Gasteiger partial charge in [-0.25, -0.2) is 9.69 Å². The van der Waals surface area contributed by atoms with Crippen molar-refractivity contribution in [3.8, 4) is 0 Å². The SMILES string of the molecule is O=C1NC(=O)C(CCc2ccncc2)(CCc2ccncc2)C(=O)N1c1ccc(Br)cc1. The first-order chi connectivity index (χ1) is 15.5. The third-order valence-corrected chi connectivity index (χ3v) is 6.26. The molecule has 4 amide bonds. The van der Waals surface area contributed by atoms with Crippen molar-refractivity contribution in [2.45, 2.75) is 25.7 Å². The average Bonchev–Trinajstić information content (AvgIpc) is 2.81. The number of aromatic nitrogens is 2. The number of rotatable bonds is 7. The minimum absolute atomic E-state index is 0.271. The van der Waals surface area contributed by atoms with Crippen molar-refractivity contribution in [3.63, 3.8) is 0 Å². The Balaban J connectivity index is 1.69. The summed E-state index contributed by atoms with van der Waals surface area (Å²) in [6.07, 6.45) is 8.26. The second-order valence-electron chi connectivity index (χ2n) is 7.67. The topological polar surface area (TPSA) is 92.3 Å². The van der Waals surface area contributed by atoms with Crippen LogP contribution < -0.4 is 10.2 Å². The number of benzene rings is 1. The van der Waals surface area contributed by atoms with Crippen molar-refractivity contribution in [2.24, 2.45) is 5.41 Å². The third kappa shape index (κ3) is 4.45. The number of anilines is 1. The van der Waals surface area contributed by atoms with E-state index in [0.29, 0.717) is 18.5 Å². The minimum atomic E-state index is -1.38. The summed E-state index contributed by atoms with van der Waals surface area (Å²) in [7, 11) is 0. The molecule has 1 aromatic carbocycles. The molecule has 1 fully saturated rings. The summed E-state index contributed by atoms with van der Waals surface area (Å²) < 4.78 is 0.823. The normalized spacial score (nSPS) is 15.5. The standard InChI is InChI=1S/C24H21BrN4O3/c25-19-1-3-20(4-2-19)29-22(31)24(21(30)28-23(29)32,11-5-17-7-13-26-14-8-17)12-6-18-9-15-27-16-10-18/h1-4,7-10,13-16H,5-6,11-12H2,(H,28,30,32). The monoisotopic (exact) mass is 492 g/mol. The molecule has 0 atom stereocenters. The maximum atomic E-state index is 13.8. The number of amides is 4. The molecule has 1 saturated heterocycles. The van der Waals surface area contributed by atoms with Crippen molar-refractivity contribution in [1.82, 2.24) is 15.3 Å². The summed E-state index contributed by atoms with van der Waals surface area (Å²) in [6.45, 7) is 0. The number of imide groups is 2. The number of pyridine rings is 2. The van der Waals surface area contributed by atoms with Gasteiger partial charge in [-0.1, -0.05) is 15.9 Å². The van der Waals surface area contributed by atoms with Gasteiger partial charge in [-0.05, 0) is 85.3 Å². The maximum Gasteiger partial charge on any atom is 0.335 e. The molecule has 0 radical (unpaired) electrons. The summed E-state index contributed by atoms with van der Waals surface area (Å²) in [4.78, 5) is 48.8. The first-order valence-electron chi connectivity index (χ1n) is 10.2. The summed E-state index contributed by atoms with van der Waals surface area (Å²) in [6, 6.07) is 13.6. The van der Waals surface area contributed by atoms with Gasteiger partial charge in [0.1, 0.15) is 5.41 Å². The molecule has 0 unspecified atom stereocenters. The first kappa shape index (κ1) is 21.8. The van der Waals surface area contributed by atoms with Gasteiger partial charge in [0.15, 0.2) is 0 Å². The highest BCUT2D eigenvalue weighted by molar-refractivity contribution is 9.10. The van der Waals surface area contributed by atoms with Gasteiger partial charge in [-0.2, -0.15) is 0 Å². The van der Waals surface area contributed by atoms with Crippen LogP contribution in [-0.4, -0.2) is 27.8 Å². The molecular formula is C24H21BrN4O3. The van der Waals surface area contributed by atoms with Crippen LogP contribution in [0.5, 0.6) is 0 Å². The van der Waals surface area contributed by atoms with E-state index in [1.807, 2.05) is 24.3 Å². The average molecular weight is 493 g/mol. The number of halogens is 1. The Morgan fingerprint density at radius 1 is 0.781 bits per heavy atom. The number of carbonyl (C=O) groups excluding carboxylic acids is 3. The van der Waals surface area contributed by atoms with Crippen LogP contribution in [-0.2, 0) is 22.4 Å². The van der Waals surface area contributed by atoms with Crippen LogP contribution in [0.2, 0.25) is 0 Å². The van der Waals surface area contributed by atoms with E-state index in [-0.39, 0.29) is 12.8 Å². The molecule has 1 aliphatic heterocycles. The third-order valence-electron chi connectivity index (χ3n) is 5.74. The van der Waals surface area contributed by atoms with E-state index >= 15 is 0 Å². The summed E-state index contributed by atoms with van der Waals surface area (Å²) in [5.74, 6) is -1.05. The fourth-order valence-corrected chi connectivity index (χ4v) is 4.15. The molecule has 0 bridgehead atoms. The van der Waals surface area contributed by atoms with Crippen LogP contribution in [0.3, 0.4) is 0 Å². The molecule has 4 rings (SSSR count). The van der Waals surface area contributed by atoms with E-state index in [4.69, 9.17) is 0 Å². The van der Waals surface area contributed by atoms with Gasteiger partial charge in [0, 0.05) is 29.3 Å². The van der Waals surface area contributed by atoms with E-state index in [2.05, 4.69) is 31.2 Å². The Morgan fingerprint density at radius 2 is 1.28 bits per heavy atom. The molecule has 32 heavy (non-hydrogen) atoms. The van der Waals surface area contributed by atoms with Gasteiger partial charge in [0.05, 0.1) is 5.69 Å². The molecule has 0 aliphatic carbocycles. The van der Waals surface area contributed by atoms with Gasteiger partial charge in [0.2, 0.25) is 5.91 Å². The van der Waals surface area contributed by atoms with Crippen LogP contribution in [0.25, 0.3) is 0 Å². The van der Waals surface area contributed by atoms with E-state index in [9.17, 15) is 14.4 Å². The number of nitrogens with zero attached hydrogens (tertiary/aromatic N) is 3. The number of hydrogen-bond acceptors (Lipinski definition) is 5. The van der Waals surface area contributed by atoms with Crippen molar-refractivity contribution in [2.75, 3.05) is 4.90 Å². The lowest BCUT2D eigenvalue weighted by Gasteiger charge is -2.39. The molecular weight excluding hydrogens is 472 g/mol. The highest BCUT2D eigenvalue weighted by Crippen LogP contribution is 2.37. The van der Waals surface area contributed by atoms with Crippen molar-refractivity contribution < 1.29 is 14.4 Å². The van der Waals surface area contributed by atoms with E-state index in [0.717, 1.165) is 20.5 Å². The lowest BCUT2D eigenvalue weighted by molar-refractivity contribution is -0.143. The van der Waals surface area contributed by atoms with Crippen molar-refractivity contribution in [3.05, 3.63) is 88.9 Å². The molecule has 1 N–H and O–H groups in total. The molecule has 0 spiro atoms. The lowest BCUT2D eigenvalue weighted by Crippen LogP contribution is -2.64. The minimum Gasteiger partial charge on any atom is -0.276 e. The van der Waals surface area contributed by atoms with Gasteiger partial charge >= 0.3 is 6.03 Å². The van der Waals surface area contributed by atoms with Crippen molar-refractivity contribution in [1.29, 1.82) is 0 Å². The predicted molar refractivity (Wildman–Crippen MR) is 123 cm³/mol. The van der Waals surface area contributed by atoms with Crippen LogP contribution in [0.15, 0.2) is 77.8 Å². The number of carbonyl (C=O) groups is 3. The Morgan fingerprint density at radius 3 is 1.78 bits per heavy atom. The molecule has 3 aromatic rings. The fraction of sp³-hybridized carbons (Fsp3) is 0.208. The first-order valence-corrected chi connectivity index (χ1v) is 11.0. The number of urea groups is 1. The zero-order chi connectivity index (χ0) is 22.6. The Hall–Kier alpha value is -3.39. The van der Waals surface area contributed by atoms with Crippen LogP contribution >= 0.6 is 15.9 Å². The molecule has 0 saturated carbocycles. The lowest BCUT2D eigenvalue weighted by atomic mass is 9.74. The Labute approximate surface area is 194 Å². The van der Waals surface area contributed by atoms with Gasteiger partial charge < -0.3 is 0 Å². The number of nitrogens with one attached hydrogen (secondary N) is 1. The summed E-state index contributed by atoms with van der Waals surface area (Å²) in [5.41, 5.74) is 0.973. The van der Waals surface area contributed by atoms with Crippen LogP contribution in [0, 0.1) is 5.41 Å². The second kappa shape index (κ2) is 9.40. The highest BCUT2D eigenvalue weighted by Gasteiger charge is 2.53. The molecule has 1 aliphatic rings. The molecule has 7 nitrogen and oxygen atoms in total. The summed E-state index contributed by atoms with van der Waals surface area (Å²) in [5, 5.41) is 2.43. The van der Waals surface area contributed by atoms with E-state index < -0.39 is 23.3 Å². The Kier molecular flexibility index (Phi) is 6.41. The van der Waals surface area contributed by atoms with Crippen molar-refractivity contribution >= 4 is 39.5 Å². The molecule has 162 valence electrons. The highest BCUT2D eigenvalue weighted by atomic mass is 79.9. The van der Waals surface area contributed by atoms with E-state index in [1.165, 1.54) is 0 Å². The Bertz CT molecular complexity index is 1080. The van der Waals surface area contributed by atoms with E-state index in [1.54, 1.807) is 49.1 Å². The molecule has 2 aromatic heterocycles. The van der Waals surface area contributed by atoms with Gasteiger partial charge in [-0.3, -0.25) is 24.9 Å². The maximum absolute atomic E-state index is 13.8. The summed E-state index contributed by atoms with van der Waals surface area (Å²) >= 11 is 3.36. The molecule has 8 heteroatoms. The number of barbiturate groups is 1. The number of hydrogen-bond donors (Lipinski definition) is 1. The zero-order valence-corrected chi connectivity index (χ0v) is 18.8. The largest absolute Gasteiger partial charge is 0.335 e. The van der Waals surface area contributed by atoms with Gasteiger partial charge in [0.25, 0.3) is 5.91 Å².